The van der Waals surface area contributed by atoms with Gasteiger partial charge in [-0.2, -0.15) is 0 Å². The van der Waals surface area contributed by atoms with Crippen LogP contribution in [-0.4, -0.2) is 31.6 Å². The molecule has 1 unspecified atom stereocenters. The molecule has 1 aromatic rings. The van der Waals surface area contributed by atoms with Gasteiger partial charge in [0.1, 0.15) is 0 Å². The fourth-order valence-electron chi connectivity index (χ4n) is 3.26. The first-order chi connectivity index (χ1) is 8.60. The molecule has 0 spiro atoms. The molecule has 0 aromatic heterocycles. The number of piperidine rings is 1. The summed E-state index contributed by atoms with van der Waals surface area (Å²) < 4.78 is 0. The molecule has 18 heavy (non-hydrogen) atoms. The normalized spacial score (nSPS) is 20.0. The van der Waals surface area contributed by atoms with Gasteiger partial charge in [0, 0.05) is 0 Å². The third kappa shape index (κ3) is 3.12. The third-order valence-electron chi connectivity index (χ3n) is 4.26. The Labute approximate surface area is 111 Å². The summed E-state index contributed by atoms with van der Waals surface area (Å²) in [5.74, 6) is 1.30. The highest BCUT2D eigenvalue weighted by Crippen LogP contribution is 2.32. The van der Waals surface area contributed by atoms with Gasteiger partial charge in [0.05, 0.1) is 0 Å². The first kappa shape index (κ1) is 13.6. The van der Waals surface area contributed by atoms with Gasteiger partial charge in [0.25, 0.3) is 0 Å². The molecule has 2 heteroatoms. The van der Waals surface area contributed by atoms with Crippen LogP contribution >= 0.6 is 0 Å². The number of nitrogens with zero attached hydrogens (tertiary/aromatic N) is 1. The van der Waals surface area contributed by atoms with E-state index in [1.807, 2.05) is 0 Å². The Bertz CT molecular complexity index is 372. The second-order valence-corrected chi connectivity index (χ2v) is 5.90. The molecular weight excluding hydrogens is 220 g/mol. The lowest BCUT2D eigenvalue weighted by Crippen LogP contribution is -2.34. The van der Waals surface area contributed by atoms with E-state index in [1.165, 1.54) is 42.6 Å². The zero-order chi connectivity index (χ0) is 13.1. The zero-order valence-electron chi connectivity index (χ0n) is 11.9. The van der Waals surface area contributed by atoms with Crippen molar-refractivity contribution in [2.24, 2.45) is 11.7 Å². The lowest BCUT2D eigenvalue weighted by atomic mass is 9.79. The third-order valence-corrected chi connectivity index (χ3v) is 4.26. The largest absolute Gasteiger partial charge is 0.330 e. The number of hydrogen-bond donors (Lipinski definition) is 1. The van der Waals surface area contributed by atoms with Gasteiger partial charge in [-0.05, 0) is 70.8 Å². The van der Waals surface area contributed by atoms with Crippen LogP contribution in [0.15, 0.2) is 18.2 Å². The number of nitrogens with two attached hydrogens (primary N) is 1. The SMILES string of the molecule is Cc1cc(C)cc(C(CN)C2CCN(C)CC2)c1. The molecule has 1 aliphatic heterocycles. The topological polar surface area (TPSA) is 29.3 Å². The van der Waals surface area contributed by atoms with Crippen LogP contribution < -0.4 is 5.73 Å². The summed E-state index contributed by atoms with van der Waals surface area (Å²) in [7, 11) is 2.21. The second-order valence-electron chi connectivity index (χ2n) is 5.90. The van der Waals surface area contributed by atoms with Gasteiger partial charge in [-0.1, -0.05) is 29.3 Å². The van der Waals surface area contributed by atoms with Crippen molar-refractivity contribution in [2.75, 3.05) is 26.7 Å². The van der Waals surface area contributed by atoms with E-state index < -0.39 is 0 Å². The molecule has 0 aliphatic carbocycles. The monoisotopic (exact) mass is 246 g/mol. The van der Waals surface area contributed by atoms with E-state index in [0.717, 1.165) is 12.5 Å². The fourth-order valence-corrected chi connectivity index (χ4v) is 3.26. The first-order valence-electron chi connectivity index (χ1n) is 7.07. The van der Waals surface area contributed by atoms with Gasteiger partial charge in [-0.3, -0.25) is 0 Å². The van der Waals surface area contributed by atoms with E-state index in [1.54, 1.807) is 0 Å². The smallest absolute Gasteiger partial charge is 0.000554 e. The Morgan fingerprint density at radius 1 is 1.17 bits per heavy atom. The van der Waals surface area contributed by atoms with E-state index in [-0.39, 0.29) is 0 Å². The van der Waals surface area contributed by atoms with Gasteiger partial charge in [0.15, 0.2) is 0 Å². The minimum atomic E-state index is 0.539. The Morgan fingerprint density at radius 3 is 2.22 bits per heavy atom. The molecule has 0 radical (unpaired) electrons. The standard InChI is InChI=1S/C16H26N2/c1-12-8-13(2)10-15(9-12)16(11-17)14-4-6-18(3)7-5-14/h8-10,14,16H,4-7,11,17H2,1-3H3. The Balaban J connectivity index is 2.17. The predicted molar refractivity (Wildman–Crippen MR) is 77.9 cm³/mol. The number of rotatable bonds is 3. The van der Waals surface area contributed by atoms with Crippen LogP contribution in [0.25, 0.3) is 0 Å². The lowest BCUT2D eigenvalue weighted by Gasteiger charge is -2.34. The molecule has 2 nitrogen and oxygen atoms in total. The van der Waals surface area contributed by atoms with Gasteiger partial charge in [0.2, 0.25) is 0 Å². The molecule has 1 fully saturated rings. The minimum Gasteiger partial charge on any atom is -0.330 e. The summed E-state index contributed by atoms with van der Waals surface area (Å²) in [6.07, 6.45) is 2.57. The highest BCUT2D eigenvalue weighted by Gasteiger charge is 2.25. The van der Waals surface area contributed by atoms with Gasteiger partial charge in [-0.25, -0.2) is 0 Å². The Kier molecular flexibility index (Phi) is 4.41. The van der Waals surface area contributed by atoms with E-state index in [4.69, 9.17) is 5.73 Å². The van der Waals surface area contributed by atoms with Crippen molar-refractivity contribution in [3.63, 3.8) is 0 Å². The average Bonchev–Trinajstić information content (AvgIpc) is 2.31. The van der Waals surface area contributed by atoms with E-state index in [9.17, 15) is 0 Å². The molecule has 0 saturated carbocycles. The summed E-state index contributed by atoms with van der Waals surface area (Å²) in [5.41, 5.74) is 10.2. The number of hydrogen-bond acceptors (Lipinski definition) is 2. The molecule has 1 saturated heterocycles. The second kappa shape index (κ2) is 5.85. The van der Waals surface area contributed by atoms with Crippen LogP contribution in [0.4, 0.5) is 0 Å². The molecule has 1 aromatic carbocycles. The predicted octanol–water partition coefficient (Wildman–Crippen LogP) is 2.69. The summed E-state index contributed by atoms with van der Waals surface area (Å²) in [6.45, 7) is 7.56. The van der Waals surface area contributed by atoms with Crippen molar-refractivity contribution >= 4 is 0 Å². The van der Waals surface area contributed by atoms with Crippen molar-refractivity contribution in [3.8, 4) is 0 Å². The van der Waals surface area contributed by atoms with Crippen LogP contribution in [0.5, 0.6) is 0 Å². The lowest BCUT2D eigenvalue weighted by molar-refractivity contribution is 0.199. The van der Waals surface area contributed by atoms with E-state index >= 15 is 0 Å². The summed E-state index contributed by atoms with van der Waals surface area (Å²) in [5, 5.41) is 0. The van der Waals surface area contributed by atoms with Crippen LogP contribution in [-0.2, 0) is 0 Å². The summed E-state index contributed by atoms with van der Waals surface area (Å²) >= 11 is 0. The van der Waals surface area contributed by atoms with Gasteiger partial charge < -0.3 is 10.6 Å². The molecular formula is C16H26N2. The highest BCUT2D eigenvalue weighted by atomic mass is 15.1. The molecule has 1 aliphatic rings. The molecule has 1 atom stereocenters. The number of benzene rings is 1. The number of likely N-dealkylation sites (tertiary alicyclic amines) is 1. The number of aryl methyl sites for hydroxylation is 2. The summed E-state index contributed by atoms with van der Waals surface area (Å²) in [6, 6.07) is 6.89. The molecule has 0 amide bonds. The molecule has 2 N–H and O–H groups in total. The fraction of sp³-hybridized carbons (Fsp3) is 0.625. The van der Waals surface area contributed by atoms with Crippen molar-refractivity contribution in [1.29, 1.82) is 0 Å². The van der Waals surface area contributed by atoms with Crippen molar-refractivity contribution in [3.05, 3.63) is 34.9 Å². The van der Waals surface area contributed by atoms with E-state index in [0.29, 0.717) is 5.92 Å². The van der Waals surface area contributed by atoms with E-state index in [2.05, 4.69) is 44.0 Å². The van der Waals surface area contributed by atoms with Crippen molar-refractivity contribution < 1.29 is 0 Å². The maximum absolute atomic E-state index is 6.06. The minimum absolute atomic E-state index is 0.539. The summed E-state index contributed by atoms with van der Waals surface area (Å²) in [4.78, 5) is 2.42. The molecule has 0 bridgehead atoms. The first-order valence-corrected chi connectivity index (χ1v) is 7.07. The van der Waals surface area contributed by atoms with Crippen LogP contribution in [0, 0.1) is 19.8 Å². The molecule has 2 rings (SSSR count). The maximum atomic E-state index is 6.06. The van der Waals surface area contributed by atoms with Crippen LogP contribution in [0.3, 0.4) is 0 Å². The van der Waals surface area contributed by atoms with Crippen molar-refractivity contribution in [1.82, 2.24) is 4.90 Å². The Morgan fingerprint density at radius 2 is 1.72 bits per heavy atom. The average molecular weight is 246 g/mol. The van der Waals surface area contributed by atoms with Crippen LogP contribution in [0.2, 0.25) is 0 Å². The maximum Gasteiger partial charge on any atom is -0.000554 e. The zero-order valence-corrected chi connectivity index (χ0v) is 11.9. The molecule has 100 valence electrons. The Hall–Kier alpha value is -0.860. The van der Waals surface area contributed by atoms with Crippen LogP contribution in [0.1, 0.15) is 35.4 Å². The quantitative estimate of drug-likeness (QED) is 0.888. The highest BCUT2D eigenvalue weighted by molar-refractivity contribution is 5.31. The van der Waals surface area contributed by atoms with Gasteiger partial charge >= 0.3 is 0 Å². The molecule has 1 heterocycles. The van der Waals surface area contributed by atoms with Crippen molar-refractivity contribution in [2.45, 2.75) is 32.6 Å². The van der Waals surface area contributed by atoms with Gasteiger partial charge in [-0.15, -0.1) is 0 Å².